The highest BCUT2D eigenvalue weighted by molar-refractivity contribution is 6.31. The molecule has 1 fully saturated rings. The predicted octanol–water partition coefficient (Wildman–Crippen LogP) is 3.61. The molecule has 2 unspecified atom stereocenters. The normalized spacial score (nSPS) is 20.6. The fraction of sp³-hybridized carbons (Fsp3) is 0.647. The Morgan fingerprint density at radius 2 is 2.29 bits per heavy atom. The maximum atomic E-state index is 9.12. The molecule has 0 saturated carbocycles. The lowest BCUT2D eigenvalue weighted by Gasteiger charge is -2.34. The lowest BCUT2D eigenvalue weighted by molar-refractivity contribution is 0.244. The number of piperidine rings is 1. The third-order valence-electron chi connectivity index (χ3n) is 4.38. The van der Waals surface area contributed by atoms with Gasteiger partial charge in [-0.15, -0.1) is 0 Å². The summed E-state index contributed by atoms with van der Waals surface area (Å²) in [5.41, 5.74) is 2.36. The molecule has 1 aliphatic rings. The molecule has 4 heteroatoms. The van der Waals surface area contributed by atoms with Crippen molar-refractivity contribution in [1.29, 1.82) is 0 Å². The first-order valence-corrected chi connectivity index (χ1v) is 8.42. The van der Waals surface area contributed by atoms with E-state index in [4.69, 9.17) is 16.7 Å². The molecule has 0 aliphatic carbocycles. The highest BCUT2D eigenvalue weighted by Crippen LogP contribution is 2.30. The van der Waals surface area contributed by atoms with E-state index < -0.39 is 0 Å². The van der Waals surface area contributed by atoms with Crippen molar-refractivity contribution in [2.75, 3.05) is 31.1 Å². The van der Waals surface area contributed by atoms with Crippen molar-refractivity contribution in [2.24, 2.45) is 5.92 Å². The minimum absolute atomic E-state index is 0.278. The number of hydrogen-bond donors (Lipinski definition) is 2. The molecule has 21 heavy (non-hydrogen) atoms. The fourth-order valence-electron chi connectivity index (χ4n) is 3.20. The summed E-state index contributed by atoms with van der Waals surface area (Å²) < 4.78 is 0. The second-order valence-corrected chi connectivity index (χ2v) is 6.36. The maximum Gasteiger partial charge on any atom is 0.0474 e. The number of benzene rings is 1. The first-order chi connectivity index (χ1) is 10.2. The Labute approximate surface area is 133 Å². The van der Waals surface area contributed by atoms with Gasteiger partial charge in [-0.3, -0.25) is 0 Å². The van der Waals surface area contributed by atoms with E-state index in [1.165, 1.54) is 18.5 Å². The Morgan fingerprint density at radius 1 is 1.48 bits per heavy atom. The van der Waals surface area contributed by atoms with Crippen LogP contribution in [0.25, 0.3) is 0 Å². The molecular weight excluding hydrogens is 284 g/mol. The average molecular weight is 311 g/mol. The minimum Gasteiger partial charge on any atom is -0.396 e. The van der Waals surface area contributed by atoms with Crippen LogP contribution in [-0.2, 0) is 0 Å². The van der Waals surface area contributed by atoms with Crippen molar-refractivity contribution in [1.82, 2.24) is 5.32 Å². The smallest absolute Gasteiger partial charge is 0.0474 e. The number of anilines is 1. The van der Waals surface area contributed by atoms with Crippen molar-refractivity contribution in [3.63, 3.8) is 0 Å². The lowest BCUT2D eigenvalue weighted by atomic mass is 9.94. The van der Waals surface area contributed by atoms with Gasteiger partial charge in [-0.25, -0.2) is 0 Å². The van der Waals surface area contributed by atoms with Crippen molar-refractivity contribution in [3.05, 3.63) is 28.8 Å². The molecule has 0 amide bonds. The van der Waals surface area contributed by atoms with Crippen LogP contribution in [0.5, 0.6) is 0 Å². The van der Waals surface area contributed by atoms with E-state index in [9.17, 15) is 0 Å². The summed E-state index contributed by atoms with van der Waals surface area (Å²) in [6.07, 6.45) is 3.32. The first-order valence-electron chi connectivity index (χ1n) is 8.04. The van der Waals surface area contributed by atoms with Crippen molar-refractivity contribution < 1.29 is 5.11 Å². The van der Waals surface area contributed by atoms with Gasteiger partial charge in [-0.2, -0.15) is 0 Å². The van der Waals surface area contributed by atoms with Gasteiger partial charge in [0.15, 0.2) is 0 Å². The Bertz CT molecular complexity index is 450. The summed E-state index contributed by atoms with van der Waals surface area (Å²) in [5.74, 6) is 0.600. The summed E-state index contributed by atoms with van der Waals surface area (Å²) in [6, 6.07) is 6.68. The van der Waals surface area contributed by atoms with Gasteiger partial charge in [0, 0.05) is 36.4 Å². The van der Waals surface area contributed by atoms with Gasteiger partial charge < -0.3 is 15.3 Å². The molecule has 1 saturated heterocycles. The van der Waals surface area contributed by atoms with Crippen molar-refractivity contribution in [2.45, 2.75) is 39.2 Å². The number of halogens is 1. The zero-order chi connectivity index (χ0) is 15.2. The van der Waals surface area contributed by atoms with Crippen LogP contribution < -0.4 is 10.2 Å². The highest BCUT2D eigenvalue weighted by atomic mass is 35.5. The second kappa shape index (κ2) is 8.02. The zero-order valence-electron chi connectivity index (χ0n) is 13.1. The molecule has 1 aliphatic heterocycles. The molecule has 2 rings (SSSR count). The topological polar surface area (TPSA) is 35.5 Å². The molecule has 118 valence electrons. The average Bonchev–Trinajstić information content (AvgIpc) is 2.48. The SMILES string of the molecule is CCNC(C)c1ccc(N2CCCC(CCO)C2)cc1Cl. The summed E-state index contributed by atoms with van der Waals surface area (Å²) >= 11 is 6.47. The van der Waals surface area contributed by atoms with Crippen LogP contribution in [0, 0.1) is 5.92 Å². The molecule has 3 nitrogen and oxygen atoms in total. The van der Waals surface area contributed by atoms with Crippen LogP contribution >= 0.6 is 11.6 Å². The number of hydrogen-bond acceptors (Lipinski definition) is 3. The molecule has 1 aromatic rings. The molecular formula is C17H27ClN2O. The van der Waals surface area contributed by atoms with Gasteiger partial charge in [0.2, 0.25) is 0 Å². The van der Waals surface area contributed by atoms with E-state index in [-0.39, 0.29) is 6.04 Å². The maximum absolute atomic E-state index is 9.12. The van der Waals surface area contributed by atoms with Gasteiger partial charge in [0.1, 0.15) is 0 Å². The van der Waals surface area contributed by atoms with Crippen LogP contribution in [0.1, 0.15) is 44.7 Å². The number of aliphatic hydroxyl groups excluding tert-OH is 1. The van der Waals surface area contributed by atoms with Crippen LogP contribution in [0.15, 0.2) is 18.2 Å². The van der Waals surface area contributed by atoms with E-state index in [2.05, 4.69) is 42.3 Å². The quantitative estimate of drug-likeness (QED) is 0.842. The number of rotatable bonds is 6. The van der Waals surface area contributed by atoms with Crippen molar-refractivity contribution >= 4 is 17.3 Å². The van der Waals surface area contributed by atoms with Gasteiger partial charge in [0.25, 0.3) is 0 Å². The van der Waals surface area contributed by atoms with Gasteiger partial charge >= 0.3 is 0 Å². The van der Waals surface area contributed by atoms with Crippen molar-refractivity contribution in [3.8, 4) is 0 Å². The predicted molar refractivity (Wildman–Crippen MR) is 90.2 cm³/mol. The molecule has 1 aromatic carbocycles. The van der Waals surface area contributed by atoms with E-state index in [0.29, 0.717) is 12.5 Å². The summed E-state index contributed by atoms with van der Waals surface area (Å²) in [5, 5.41) is 13.4. The van der Waals surface area contributed by atoms with Crippen LogP contribution in [0.3, 0.4) is 0 Å². The van der Waals surface area contributed by atoms with Crippen LogP contribution in [-0.4, -0.2) is 31.3 Å². The lowest BCUT2D eigenvalue weighted by Crippen LogP contribution is -2.35. The largest absolute Gasteiger partial charge is 0.396 e. The molecule has 1 heterocycles. The number of nitrogens with zero attached hydrogens (tertiary/aromatic N) is 1. The Hall–Kier alpha value is -0.770. The Kier molecular flexibility index (Phi) is 6.34. The Balaban J connectivity index is 2.08. The van der Waals surface area contributed by atoms with E-state index in [1.807, 2.05) is 0 Å². The monoisotopic (exact) mass is 310 g/mol. The number of aliphatic hydroxyl groups is 1. The van der Waals surface area contributed by atoms with Gasteiger partial charge in [0.05, 0.1) is 0 Å². The zero-order valence-corrected chi connectivity index (χ0v) is 13.9. The molecule has 2 N–H and O–H groups in total. The summed E-state index contributed by atoms with van der Waals surface area (Å²) in [4.78, 5) is 2.40. The molecule has 0 aromatic heterocycles. The number of nitrogens with one attached hydrogen (secondary N) is 1. The van der Waals surface area contributed by atoms with E-state index in [1.54, 1.807) is 0 Å². The highest BCUT2D eigenvalue weighted by Gasteiger charge is 2.20. The Morgan fingerprint density at radius 3 is 2.95 bits per heavy atom. The van der Waals surface area contributed by atoms with Crippen LogP contribution in [0.4, 0.5) is 5.69 Å². The van der Waals surface area contributed by atoms with E-state index >= 15 is 0 Å². The first kappa shape index (κ1) is 16.6. The van der Waals surface area contributed by atoms with Gasteiger partial charge in [-0.05, 0) is 56.3 Å². The second-order valence-electron chi connectivity index (χ2n) is 5.95. The third-order valence-corrected chi connectivity index (χ3v) is 4.71. The molecule has 0 spiro atoms. The molecule has 0 bridgehead atoms. The van der Waals surface area contributed by atoms with Crippen LogP contribution in [0.2, 0.25) is 5.02 Å². The van der Waals surface area contributed by atoms with E-state index in [0.717, 1.165) is 36.6 Å². The molecule has 0 radical (unpaired) electrons. The molecule has 2 atom stereocenters. The minimum atomic E-state index is 0.278. The summed E-state index contributed by atoms with van der Waals surface area (Å²) in [6.45, 7) is 7.59. The standard InChI is InChI=1S/C17H27ClN2O/c1-3-19-13(2)16-7-6-15(11-17(16)18)20-9-4-5-14(12-20)8-10-21/h6-7,11,13-14,19,21H,3-5,8-10,12H2,1-2H3. The summed E-state index contributed by atoms with van der Waals surface area (Å²) in [7, 11) is 0. The fourth-order valence-corrected chi connectivity index (χ4v) is 3.54. The third kappa shape index (κ3) is 4.35. The van der Waals surface area contributed by atoms with Gasteiger partial charge in [-0.1, -0.05) is 24.6 Å².